The Kier molecular flexibility index (Phi) is 8.90. The number of para-hydroxylation sites is 4. The lowest BCUT2D eigenvalue weighted by Crippen LogP contribution is -2.13. The number of rotatable bonds is 8. The molecule has 0 radical (unpaired) electrons. The van der Waals surface area contributed by atoms with Gasteiger partial charge < -0.3 is 14.4 Å². The Balaban J connectivity index is 1.02. The van der Waals surface area contributed by atoms with Crippen molar-refractivity contribution < 1.29 is 0 Å². The van der Waals surface area contributed by atoms with Crippen molar-refractivity contribution in [3.8, 4) is 16.8 Å². The van der Waals surface area contributed by atoms with Crippen molar-refractivity contribution in [2.45, 2.75) is 0 Å². The van der Waals surface area contributed by atoms with Crippen molar-refractivity contribution in [1.82, 2.24) is 4.57 Å². The summed E-state index contributed by atoms with van der Waals surface area (Å²) in [6.45, 7) is 0. The maximum atomic E-state index is 2.48. The average Bonchev–Trinajstić information content (AvgIpc) is 4.04. The number of fused-ring (bicyclic) bond motifs is 9. The van der Waals surface area contributed by atoms with Gasteiger partial charge in [0.15, 0.2) is 0 Å². The zero-order valence-electron chi connectivity index (χ0n) is 35.2. The molecule has 3 heterocycles. The van der Waals surface area contributed by atoms with Crippen molar-refractivity contribution in [1.29, 1.82) is 0 Å². The normalized spacial score (nSPS) is 11.7. The van der Waals surface area contributed by atoms with Crippen LogP contribution in [-0.2, 0) is 0 Å². The predicted molar refractivity (Wildman–Crippen MR) is 281 cm³/mol. The monoisotopic (exact) mass is 865 g/mol. The van der Waals surface area contributed by atoms with Gasteiger partial charge in [-0.15, -0.1) is 22.7 Å². The summed E-state index contributed by atoms with van der Waals surface area (Å²) in [4.78, 5) is 4.83. The van der Waals surface area contributed by atoms with E-state index >= 15 is 0 Å². The van der Waals surface area contributed by atoms with Crippen molar-refractivity contribution in [2.24, 2.45) is 0 Å². The summed E-state index contributed by atoms with van der Waals surface area (Å²) in [7, 11) is 0. The van der Waals surface area contributed by atoms with E-state index in [1.165, 1.54) is 73.3 Å². The Labute approximate surface area is 384 Å². The first-order valence-electron chi connectivity index (χ1n) is 22.0. The highest BCUT2D eigenvalue weighted by atomic mass is 32.1. The molecule has 0 N–H and O–H groups in total. The molecule has 10 aromatic carbocycles. The third-order valence-corrected chi connectivity index (χ3v) is 15.0. The highest BCUT2D eigenvalue weighted by molar-refractivity contribution is 7.26. The zero-order valence-corrected chi connectivity index (χ0v) is 36.8. The van der Waals surface area contributed by atoms with E-state index in [4.69, 9.17) is 0 Å². The highest BCUT2D eigenvalue weighted by Crippen LogP contribution is 2.48. The van der Waals surface area contributed by atoms with E-state index in [9.17, 15) is 0 Å². The molecule has 0 aliphatic rings. The van der Waals surface area contributed by atoms with Crippen molar-refractivity contribution >= 4 is 119 Å². The second-order valence-electron chi connectivity index (χ2n) is 16.5. The smallest absolute Gasteiger partial charge is 0.0554 e. The average molecular weight is 866 g/mol. The van der Waals surface area contributed by atoms with Crippen LogP contribution < -0.4 is 9.80 Å². The minimum atomic E-state index is 1.08. The molecule has 0 atom stereocenters. The van der Waals surface area contributed by atoms with E-state index in [1.54, 1.807) is 0 Å². The van der Waals surface area contributed by atoms with Crippen LogP contribution in [0.3, 0.4) is 0 Å². The standard InChI is InChI=1S/C60H39N3S2/c1-4-16-42(17-5-1)61(43-18-6-2-7-19-43)45-22-14-23-46(38-45)62(47-32-35-57-51(39-47)50-25-11-13-28-56(50)64-57)54-27-15-29-59-60(54)52-36-40(31-34-58(52)65-59)41-30-33-49-48-24-10-12-26-53(48)63(55(49)37-41)44-20-8-3-9-21-44/h1-39H. The molecule has 0 amide bonds. The molecule has 0 fully saturated rings. The summed E-state index contributed by atoms with van der Waals surface area (Å²) in [6, 6.07) is 86.4. The molecule has 0 aliphatic carbocycles. The van der Waals surface area contributed by atoms with Gasteiger partial charge in [-0.2, -0.15) is 0 Å². The summed E-state index contributed by atoms with van der Waals surface area (Å²) in [5.74, 6) is 0. The second kappa shape index (κ2) is 15.4. The van der Waals surface area contributed by atoms with Gasteiger partial charge >= 0.3 is 0 Å². The van der Waals surface area contributed by atoms with Crippen molar-refractivity contribution in [3.63, 3.8) is 0 Å². The molecular formula is C60H39N3S2. The van der Waals surface area contributed by atoms with Crippen LogP contribution in [0, 0.1) is 0 Å². The first-order chi connectivity index (χ1) is 32.2. The Morgan fingerprint density at radius 1 is 0.292 bits per heavy atom. The molecule has 0 spiro atoms. The molecule has 0 aliphatic heterocycles. The molecule has 3 aromatic heterocycles. The lowest BCUT2D eigenvalue weighted by atomic mass is 10.00. The van der Waals surface area contributed by atoms with Crippen LogP contribution in [0.4, 0.5) is 34.1 Å². The van der Waals surface area contributed by atoms with Gasteiger partial charge in [-0.3, -0.25) is 0 Å². The minimum absolute atomic E-state index is 1.08. The quantitative estimate of drug-likeness (QED) is 0.151. The zero-order chi connectivity index (χ0) is 42.8. The summed E-state index contributed by atoms with van der Waals surface area (Å²) in [5.41, 5.74) is 12.6. The number of nitrogens with zero attached hydrogens (tertiary/aromatic N) is 3. The van der Waals surface area contributed by atoms with Gasteiger partial charge in [0.1, 0.15) is 0 Å². The molecule has 0 saturated carbocycles. The molecule has 5 heteroatoms. The number of hydrogen-bond acceptors (Lipinski definition) is 4. The van der Waals surface area contributed by atoms with E-state index in [0.717, 1.165) is 39.8 Å². The molecule has 0 bridgehead atoms. The van der Waals surface area contributed by atoms with Crippen molar-refractivity contribution in [2.75, 3.05) is 9.80 Å². The summed E-state index contributed by atoms with van der Waals surface area (Å²) in [5, 5.41) is 7.57. The summed E-state index contributed by atoms with van der Waals surface area (Å²) < 4.78 is 7.52. The minimum Gasteiger partial charge on any atom is -0.310 e. The second-order valence-corrected chi connectivity index (χ2v) is 18.7. The maximum Gasteiger partial charge on any atom is 0.0554 e. The fourth-order valence-corrected chi connectivity index (χ4v) is 12.0. The number of hydrogen-bond donors (Lipinski definition) is 0. The molecular weight excluding hydrogens is 827 g/mol. The molecule has 3 nitrogen and oxygen atoms in total. The lowest BCUT2D eigenvalue weighted by Gasteiger charge is -2.30. The molecule has 65 heavy (non-hydrogen) atoms. The van der Waals surface area contributed by atoms with E-state index < -0.39 is 0 Å². The van der Waals surface area contributed by atoms with Gasteiger partial charge in [0.2, 0.25) is 0 Å². The number of anilines is 6. The Morgan fingerprint density at radius 3 is 1.63 bits per heavy atom. The van der Waals surface area contributed by atoms with Gasteiger partial charge in [-0.25, -0.2) is 0 Å². The number of thiophene rings is 2. The third-order valence-electron chi connectivity index (χ3n) is 12.7. The topological polar surface area (TPSA) is 11.4 Å². The van der Waals surface area contributed by atoms with Gasteiger partial charge in [-0.05, 0) is 126 Å². The fraction of sp³-hybridized carbons (Fsp3) is 0. The summed E-state index contributed by atoms with van der Waals surface area (Å²) in [6.07, 6.45) is 0. The third kappa shape index (κ3) is 6.31. The SMILES string of the molecule is c1ccc(N(c2ccccc2)c2cccc(N(c3ccc4sc5ccccc5c4c3)c3cccc4sc5ccc(-c6ccc7c8ccccc8n(-c8ccccc8)c7c6)cc5c34)c2)cc1. The molecule has 0 saturated heterocycles. The molecule has 306 valence electrons. The van der Waals surface area contributed by atoms with E-state index in [2.05, 4.69) is 251 Å². The predicted octanol–water partition coefficient (Wildman–Crippen LogP) is 18.1. The molecule has 0 unspecified atom stereocenters. The number of aromatic nitrogens is 1. The molecule has 13 aromatic rings. The van der Waals surface area contributed by atoms with Crippen LogP contribution in [0.1, 0.15) is 0 Å². The van der Waals surface area contributed by atoms with Crippen LogP contribution in [0.2, 0.25) is 0 Å². The van der Waals surface area contributed by atoms with Crippen LogP contribution in [0.5, 0.6) is 0 Å². The molecule has 13 rings (SSSR count). The Bertz CT molecular complexity index is 3860. The first kappa shape index (κ1) is 37.6. The lowest BCUT2D eigenvalue weighted by molar-refractivity contribution is 1.18. The van der Waals surface area contributed by atoms with Gasteiger partial charge in [0, 0.05) is 85.2 Å². The van der Waals surface area contributed by atoms with E-state index in [1.807, 2.05) is 22.7 Å². The first-order valence-corrected chi connectivity index (χ1v) is 23.6. The van der Waals surface area contributed by atoms with Crippen LogP contribution in [0.15, 0.2) is 237 Å². The Hall–Kier alpha value is -7.96. The van der Waals surface area contributed by atoms with Gasteiger partial charge in [0.05, 0.1) is 16.7 Å². The largest absolute Gasteiger partial charge is 0.310 e. The van der Waals surface area contributed by atoms with Crippen molar-refractivity contribution in [3.05, 3.63) is 237 Å². The van der Waals surface area contributed by atoms with Crippen LogP contribution in [-0.4, -0.2) is 4.57 Å². The summed E-state index contributed by atoms with van der Waals surface area (Å²) >= 11 is 3.72. The van der Waals surface area contributed by atoms with Crippen LogP contribution >= 0.6 is 22.7 Å². The van der Waals surface area contributed by atoms with Crippen LogP contribution in [0.25, 0.3) is 79.0 Å². The maximum absolute atomic E-state index is 2.48. The van der Waals surface area contributed by atoms with E-state index in [0.29, 0.717) is 0 Å². The van der Waals surface area contributed by atoms with Gasteiger partial charge in [-0.1, -0.05) is 121 Å². The Morgan fingerprint density at radius 2 is 0.831 bits per heavy atom. The highest BCUT2D eigenvalue weighted by Gasteiger charge is 2.22. The van der Waals surface area contributed by atoms with Gasteiger partial charge in [0.25, 0.3) is 0 Å². The number of benzene rings is 10. The fourth-order valence-electron chi connectivity index (χ4n) is 9.83. The van der Waals surface area contributed by atoms with E-state index in [-0.39, 0.29) is 0 Å².